The number of rotatable bonds is 12. The van der Waals surface area contributed by atoms with Crippen molar-refractivity contribution in [1.82, 2.24) is 0 Å². The van der Waals surface area contributed by atoms with Gasteiger partial charge in [0, 0.05) is 6.42 Å². The van der Waals surface area contributed by atoms with Crippen LogP contribution in [0.1, 0.15) is 39.2 Å². The first-order valence-corrected chi connectivity index (χ1v) is 11.9. The Morgan fingerprint density at radius 3 is 1.84 bits per heavy atom. The summed E-state index contributed by atoms with van der Waals surface area (Å²) in [6.07, 6.45) is -1.19. The Bertz CT molecular complexity index is 1220. The maximum absolute atomic E-state index is 12.7. The van der Waals surface area contributed by atoms with Crippen LogP contribution in [0.5, 0.6) is 28.7 Å². The third-order valence-electron chi connectivity index (χ3n) is 5.25. The second-order valence-electron chi connectivity index (χ2n) is 8.76. The SMILES string of the molecule is CC/C=C(\CCOc1ccc(OC(C)(C)C(=O)O)cc1)Oc1ccc(Oc2ccc(C(F)(F)F)cc2)cc1. The van der Waals surface area contributed by atoms with Crippen molar-refractivity contribution in [2.24, 2.45) is 0 Å². The van der Waals surface area contributed by atoms with E-state index in [-0.39, 0.29) is 0 Å². The van der Waals surface area contributed by atoms with E-state index in [2.05, 4.69) is 0 Å². The van der Waals surface area contributed by atoms with Crippen LogP contribution in [0.3, 0.4) is 0 Å². The van der Waals surface area contributed by atoms with Crippen LogP contribution in [-0.4, -0.2) is 23.3 Å². The van der Waals surface area contributed by atoms with Crippen LogP contribution in [0, 0.1) is 0 Å². The van der Waals surface area contributed by atoms with Gasteiger partial charge in [0.15, 0.2) is 5.60 Å². The van der Waals surface area contributed by atoms with Gasteiger partial charge in [-0.25, -0.2) is 4.79 Å². The Balaban J connectivity index is 1.51. The number of carbonyl (C=O) groups is 1. The summed E-state index contributed by atoms with van der Waals surface area (Å²) in [6.45, 7) is 5.28. The molecule has 0 aliphatic rings. The molecule has 0 unspecified atom stereocenters. The van der Waals surface area contributed by atoms with E-state index < -0.39 is 23.3 Å². The molecule has 3 rings (SSSR count). The summed E-state index contributed by atoms with van der Waals surface area (Å²) in [7, 11) is 0. The number of carboxylic acids is 1. The zero-order valence-corrected chi connectivity index (χ0v) is 21.2. The Morgan fingerprint density at radius 2 is 1.32 bits per heavy atom. The van der Waals surface area contributed by atoms with Crippen molar-refractivity contribution in [3.63, 3.8) is 0 Å². The fraction of sp³-hybridized carbons (Fsp3) is 0.276. The maximum atomic E-state index is 12.7. The molecule has 0 aliphatic heterocycles. The molecule has 0 heterocycles. The number of carboxylic acid groups (broad SMARTS) is 1. The Kier molecular flexibility index (Phi) is 9.28. The summed E-state index contributed by atoms with van der Waals surface area (Å²) in [6, 6.07) is 17.9. The second-order valence-corrected chi connectivity index (χ2v) is 8.76. The minimum Gasteiger partial charge on any atom is -0.493 e. The largest absolute Gasteiger partial charge is 0.493 e. The van der Waals surface area contributed by atoms with Gasteiger partial charge < -0.3 is 24.1 Å². The first-order valence-electron chi connectivity index (χ1n) is 11.9. The third-order valence-corrected chi connectivity index (χ3v) is 5.25. The highest BCUT2D eigenvalue weighted by molar-refractivity contribution is 5.76. The van der Waals surface area contributed by atoms with Crippen LogP contribution >= 0.6 is 0 Å². The van der Waals surface area contributed by atoms with Crippen molar-refractivity contribution in [2.75, 3.05) is 6.61 Å². The van der Waals surface area contributed by atoms with Gasteiger partial charge in [0.1, 0.15) is 34.5 Å². The van der Waals surface area contributed by atoms with E-state index in [1.807, 2.05) is 13.0 Å². The van der Waals surface area contributed by atoms with Crippen LogP contribution in [-0.2, 0) is 11.0 Å². The van der Waals surface area contributed by atoms with Gasteiger partial charge in [0.05, 0.1) is 12.2 Å². The molecule has 0 fully saturated rings. The molecule has 6 nitrogen and oxygen atoms in total. The van der Waals surface area contributed by atoms with Crippen molar-refractivity contribution >= 4 is 5.97 Å². The predicted octanol–water partition coefficient (Wildman–Crippen LogP) is 7.88. The third kappa shape index (κ3) is 8.47. The summed E-state index contributed by atoms with van der Waals surface area (Å²) in [4.78, 5) is 11.2. The molecule has 3 aromatic carbocycles. The van der Waals surface area contributed by atoms with E-state index in [1.54, 1.807) is 48.5 Å². The minimum absolute atomic E-state index is 0.292. The van der Waals surface area contributed by atoms with Crippen LogP contribution in [0.25, 0.3) is 0 Å². The van der Waals surface area contributed by atoms with Gasteiger partial charge >= 0.3 is 12.1 Å². The molecule has 0 aliphatic carbocycles. The lowest BCUT2D eigenvalue weighted by atomic mass is 10.1. The normalized spacial score (nSPS) is 12.1. The second kappa shape index (κ2) is 12.4. The van der Waals surface area contributed by atoms with Crippen LogP contribution in [0.15, 0.2) is 84.6 Å². The standard InChI is InChI=1S/C29H29F3O6/c1-4-5-22(18-19-35-21-10-16-26(17-11-21)38-28(2,3)27(33)34)36-24-12-14-25(15-13-24)37-23-8-6-20(7-9-23)29(30,31)32/h5-17H,4,18-19H2,1-3H3,(H,33,34)/b22-5+. The molecule has 202 valence electrons. The molecule has 0 amide bonds. The predicted molar refractivity (Wildman–Crippen MR) is 136 cm³/mol. The first-order chi connectivity index (χ1) is 18.0. The van der Waals surface area contributed by atoms with Crippen LogP contribution < -0.4 is 18.9 Å². The number of ether oxygens (including phenoxy) is 4. The van der Waals surface area contributed by atoms with Gasteiger partial charge in [-0.05, 0) is 99.1 Å². The number of allylic oxidation sites excluding steroid dienone is 1. The summed E-state index contributed by atoms with van der Waals surface area (Å²) < 4.78 is 61.0. The Hall–Kier alpha value is -4.14. The highest BCUT2D eigenvalue weighted by Crippen LogP contribution is 2.32. The van der Waals surface area contributed by atoms with E-state index >= 15 is 0 Å². The highest BCUT2D eigenvalue weighted by atomic mass is 19.4. The monoisotopic (exact) mass is 530 g/mol. The lowest BCUT2D eigenvalue weighted by Gasteiger charge is -2.21. The van der Waals surface area contributed by atoms with Crippen molar-refractivity contribution in [1.29, 1.82) is 0 Å². The Labute approximate surface area is 219 Å². The van der Waals surface area contributed by atoms with Gasteiger partial charge in [-0.1, -0.05) is 6.92 Å². The lowest BCUT2D eigenvalue weighted by Crippen LogP contribution is -2.37. The summed E-state index contributed by atoms with van der Waals surface area (Å²) in [5.74, 6) is 2.01. The van der Waals surface area contributed by atoms with E-state index in [1.165, 1.54) is 26.0 Å². The molecule has 0 saturated carbocycles. The van der Waals surface area contributed by atoms with Gasteiger partial charge in [-0.2, -0.15) is 13.2 Å². The minimum atomic E-state index is -4.40. The van der Waals surface area contributed by atoms with E-state index in [4.69, 9.17) is 18.9 Å². The van der Waals surface area contributed by atoms with Crippen molar-refractivity contribution in [3.05, 3.63) is 90.2 Å². The number of hydrogen-bond acceptors (Lipinski definition) is 5. The van der Waals surface area contributed by atoms with Crippen LogP contribution in [0.4, 0.5) is 13.2 Å². The van der Waals surface area contributed by atoms with E-state index in [0.29, 0.717) is 47.5 Å². The van der Waals surface area contributed by atoms with Crippen molar-refractivity contribution in [3.8, 4) is 28.7 Å². The molecular formula is C29H29F3O6. The number of alkyl halides is 3. The molecule has 0 spiro atoms. The summed E-state index contributed by atoms with van der Waals surface area (Å²) in [5.41, 5.74) is -2.08. The average molecular weight is 531 g/mol. The zero-order chi connectivity index (χ0) is 27.8. The molecule has 9 heteroatoms. The smallest absolute Gasteiger partial charge is 0.416 e. The van der Waals surface area contributed by atoms with Crippen molar-refractivity contribution in [2.45, 2.75) is 45.4 Å². The zero-order valence-electron chi connectivity index (χ0n) is 21.2. The quantitative estimate of drug-likeness (QED) is 0.240. The van der Waals surface area contributed by atoms with Gasteiger partial charge in [-0.3, -0.25) is 0 Å². The molecule has 0 saturated heterocycles. The number of halogens is 3. The topological polar surface area (TPSA) is 74.2 Å². The lowest BCUT2D eigenvalue weighted by molar-refractivity contribution is -0.152. The van der Waals surface area contributed by atoms with Gasteiger partial charge in [-0.15, -0.1) is 0 Å². The van der Waals surface area contributed by atoms with E-state index in [0.717, 1.165) is 18.6 Å². The molecular weight excluding hydrogens is 501 g/mol. The van der Waals surface area contributed by atoms with Crippen LogP contribution in [0.2, 0.25) is 0 Å². The molecule has 3 aromatic rings. The van der Waals surface area contributed by atoms with Gasteiger partial charge in [0.2, 0.25) is 0 Å². The van der Waals surface area contributed by atoms with Crippen molar-refractivity contribution < 1.29 is 42.0 Å². The molecule has 0 bridgehead atoms. The molecule has 0 aromatic heterocycles. The molecule has 38 heavy (non-hydrogen) atoms. The Morgan fingerprint density at radius 1 is 0.816 bits per heavy atom. The molecule has 1 N–H and O–H groups in total. The molecule has 0 radical (unpaired) electrons. The average Bonchev–Trinajstić information content (AvgIpc) is 2.86. The van der Waals surface area contributed by atoms with E-state index in [9.17, 15) is 23.1 Å². The maximum Gasteiger partial charge on any atom is 0.416 e. The summed E-state index contributed by atoms with van der Waals surface area (Å²) in [5, 5.41) is 9.17. The summed E-state index contributed by atoms with van der Waals surface area (Å²) >= 11 is 0. The van der Waals surface area contributed by atoms with Gasteiger partial charge in [0.25, 0.3) is 0 Å². The number of hydrogen-bond donors (Lipinski definition) is 1. The number of aliphatic carboxylic acids is 1. The first kappa shape index (κ1) is 28.4. The fourth-order valence-electron chi connectivity index (χ4n) is 3.21. The highest BCUT2D eigenvalue weighted by Gasteiger charge is 2.30. The molecule has 0 atom stereocenters. The fourth-order valence-corrected chi connectivity index (χ4v) is 3.21. The number of benzene rings is 3.